The third kappa shape index (κ3) is 8.61. The van der Waals surface area contributed by atoms with Crippen LogP contribution < -0.4 is 10.1 Å². The van der Waals surface area contributed by atoms with Crippen molar-refractivity contribution < 1.29 is 14.3 Å². The first-order chi connectivity index (χ1) is 20.6. The fourth-order valence-electron chi connectivity index (χ4n) is 4.51. The van der Waals surface area contributed by atoms with E-state index < -0.39 is 0 Å². The van der Waals surface area contributed by atoms with E-state index in [9.17, 15) is 4.79 Å². The topological polar surface area (TPSA) is 91.2 Å². The van der Waals surface area contributed by atoms with Crippen molar-refractivity contribution in [2.24, 2.45) is 0 Å². The molecule has 42 heavy (non-hydrogen) atoms. The van der Waals surface area contributed by atoms with E-state index in [2.05, 4.69) is 32.8 Å². The van der Waals surface area contributed by atoms with Gasteiger partial charge in [0.15, 0.2) is 5.78 Å². The fraction of sp³-hybridized carbons (Fsp3) is 0.273. The van der Waals surface area contributed by atoms with Crippen LogP contribution in [0.25, 0.3) is 10.9 Å². The lowest BCUT2D eigenvalue weighted by atomic mass is 10.1. The lowest BCUT2D eigenvalue weighted by Crippen LogP contribution is -2.06. The highest BCUT2D eigenvalue weighted by molar-refractivity contribution is 6.31. The first-order valence-corrected chi connectivity index (χ1v) is 14.6. The molecular weight excluding hydrogens is 550 g/mol. The van der Waals surface area contributed by atoms with Gasteiger partial charge >= 0.3 is 0 Å². The molecule has 1 aliphatic rings. The van der Waals surface area contributed by atoms with Crippen LogP contribution in [0.3, 0.4) is 0 Å². The minimum absolute atomic E-state index is 0.0152. The Morgan fingerprint density at radius 3 is 2.83 bits per heavy atom. The monoisotopic (exact) mass is 583 g/mol. The summed E-state index contributed by atoms with van der Waals surface area (Å²) in [6, 6.07) is 15.0. The van der Waals surface area contributed by atoms with E-state index >= 15 is 0 Å². The number of fused-ring (bicyclic) bond motifs is 1. The number of halogens is 1. The number of nitrogens with zero attached hydrogens (tertiary/aromatic N) is 4. The smallest absolute Gasteiger partial charge is 0.185 e. The molecule has 0 bridgehead atoms. The summed E-state index contributed by atoms with van der Waals surface area (Å²) < 4.78 is 13.5. The van der Waals surface area contributed by atoms with Gasteiger partial charge in [-0.15, -0.1) is 5.10 Å². The second-order valence-corrected chi connectivity index (χ2v) is 10.4. The molecular formula is C33H34ClN5O3. The molecule has 0 spiro atoms. The standard InChI is InChI=1S/C33H34ClN5O3/c34-27-11-14-30-31(16-18-36-32(30)22-27)35-17-5-20-41-24-28-23-39(38-37-28)19-3-4-21-42-29-12-9-26(10-13-29)33(40)15-8-25-6-1-2-7-25/h1,6-16,18,22-23H,2-5,17,19-21,24H2,(H,35,36)/b15-8+. The zero-order chi connectivity index (χ0) is 29.0. The Balaban J connectivity index is 0.927. The summed E-state index contributed by atoms with van der Waals surface area (Å²) >= 11 is 6.07. The Morgan fingerprint density at radius 1 is 1.07 bits per heavy atom. The second kappa shape index (κ2) is 15.1. The van der Waals surface area contributed by atoms with E-state index in [1.807, 2.05) is 59.4 Å². The number of rotatable bonds is 16. The molecule has 2 aromatic heterocycles. The highest BCUT2D eigenvalue weighted by atomic mass is 35.5. The van der Waals surface area contributed by atoms with Gasteiger partial charge in [-0.3, -0.25) is 14.5 Å². The summed E-state index contributed by atoms with van der Waals surface area (Å²) in [6.45, 7) is 3.19. The summed E-state index contributed by atoms with van der Waals surface area (Å²) in [7, 11) is 0. The highest BCUT2D eigenvalue weighted by Crippen LogP contribution is 2.24. The average Bonchev–Trinajstić information content (AvgIpc) is 3.70. The molecule has 1 N–H and O–H groups in total. The zero-order valence-corrected chi connectivity index (χ0v) is 24.2. The minimum atomic E-state index is -0.0152. The van der Waals surface area contributed by atoms with Crippen LogP contribution in [-0.4, -0.2) is 45.5 Å². The average molecular weight is 584 g/mol. The fourth-order valence-corrected chi connectivity index (χ4v) is 4.68. The minimum Gasteiger partial charge on any atom is -0.494 e. The number of pyridine rings is 1. The van der Waals surface area contributed by atoms with Crippen LogP contribution in [0.5, 0.6) is 5.75 Å². The van der Waals surface area contributed by atoms with Gasteiger partial charge in [0.1, 0.15) is 11.4 Å². The summed E-state index contributed by atoms with van der Waals surface area (Å²) in [4.78, 5) is 16.7. The third-order valence-corrected chi connectivity index (χ3v) is 6.97. The van der Waals surface area contributed by atoms with Gasteiger partial charge in [-0.25, -0.2) is 0 Å². The van der Waals surface area contributed by atoms with Gasteiger partial charge in [-0.2, -0.15) is 0 Å². The Kier molecular flexibility index (Phi) is 10.5. The number of carbonyl (C=O) groups excluding carboxylic acids is 1. The molecule has 1 aliphatic carbocycles. The van der Waals surface area contributed by atoms with Crippen LogP contribution in [0.2, 0.25) is 5.02 Å². The Bertz CT molecular complexity index is 1580. The number of nitrogens with one attached hydrogen (secondary N) is 1. The summed E-state index contributed by atoms with van der Waals surface area (Å²) in [6.07, 6.45) is 16.9. The second-order valence-electron chi connectivity index (χ2n) is 9.95. The van der Waals surface area contributed by atoms with Crippen LogP contribution in [0.4, 0.5) is 5.69 Å². The molecule has 5 rings (SSSR count). The van der Waals surface area contributed by atoms with E-state index in [0.29, 0.717) is 30.4 Å². The molecule has 0 aliphatic heterocycles. The van der Waals surface area contributed by atoms with Crippen molar-refractivity contribution in [3.63, 3.8) is 0 Å². The number of anilines is 1. The van der Waals surface area contributed by atoms with Crippen LogP contribution in [-0.2, 0) is 17.9 Å². The van der Waals surface area contributed by atoms with E-state index in [-0.39, 0.29) is 5.78 Å². The molecule has 0 amide bonds. The van der Waals surface area contributed by atoms with E-state index in [1.165, 1.54) is 0 Å². The highest BCUT2D eigenvalue weighted by Gasteiger charge is 2.05. The first-order valence-electron chi connectivity index (χ1n) is 14.2. The molecule has 8 nitrogen and oxygen atoms in total. The maximum atomic E-state index is 12.3. The number of aryl methyl sites for hydroxylation is 1. The number of carbonyl (C=O) groups is 1. The number of unbranched alkanes of at least 4 members (excludes halogenated alkanes) is 1. The lowest BCUT2D eigenvalue weighted by Gasteiger charge is -2.09. The molecule has 4 aromatic rings. The number of benzene rings is 2. The molecule has 2 heterocycles. The van der Waals surface area contributed by atoms with Crippen LogP contribution in [0.1, 0.15) is 41.7 Å². The summed E-state index contributed by atoms with van der Waals surface area (Å²) in [5.74, 6) is 0.741. The van der Waals surface area contributed by atoms with E-state index in [4.69, 9.17) is 21.1 Å². The quantitative estimate of drug-likeness (QED) is 0.0864. The Morgan fingerprint density at radius 2 is 1.98 bits per heavy atom. The molecule has 2 aromatic carbocycles. The normalized spacial score (nSPS) is 12.7. The van der Waals surface area contributed by atoms with Crippen molar-refractivity contribution in [2.45, 2.75) is 38.8 Å². The van der Waals surface area contributed by atoms with E-state index in [0.717, 1.165) is 72.4 Å². The van der Waals surface area contributed by atoms with Crippen LogP contribution in [0, 0.1) is 0 Å². The van der Waals surface area contributed by atoms with Crippen molar-refractivity contribution in [3.05, 3.63) is 113 Å². The predicted molar refractivity (Wildman–Crippen MR) is 166 cm³/mol. The van der Waals surface area contributed by atoms with Gasteiger partial charge in [-0.05, 0) is 85.9 Å². The van der Waals surface area contributed by atoms with Crippen LogP contribution >= 0.6 is 11.6 Å². The molecule has 9 heteroatoms. The maximum absolute atomic E-state index is 12.3. The molecule has 0 unspecified atom stereocenters. The van der Waals surface area contributed by atoms with Crippen LogP contribution in [0.15, 0.2) is 96.9 Å². The molecule has 216 valence electrons. The molecule has 0 saturated carbocycles. The first kappa shape index (κ1) is 29.2. The number of aromatic nitrogens is 4. The van der Waals surface area contributed by atoms with Gasteiger partial charge in [0, 0.05) is 47.6 Å². The molecule has 0 fully saturated rings. The van der Waals surface area contributed by atoms with E-state index in [1.54, 1.807) is 24.4 Å². The number of ketones is 1. The third-order valence-electron chi connectivity index (χ3n) is 6.74. The largest absolute Gasteiger partial charge is 0.494 e. The van der Waals surface area contributed by atoms with Gasteiger partial charge < -0.3 is 14.8 Å². The van der Waals surface area contributed by atoms with Gasteiger partial charge in [0.25, 0.3) is 0 Å². The van der Waals surface area contributed by atoms with Gasteiger partial charge in [0.2, 0.25) is 0 Å². The van der Waals surface area contributed by atoms with Crippen molar-refractivity contribution in [3.8, 4) is 5.75 Å². The predicted octanol–water partition coefficient (Wildman–Crippen LogP) is 6.98. The molecule has 0 atom stereocenters. The number of ether oxygens (including phenoxy) is 2. The van der Waals surface area contributed by atoms with Crippen molar-refractivity contribution >= 4 is 34.0 Å². The summed E-state index contributed by atoms with van der Waals surface area (Å²) in [5, 5.41) is 13.6. The Hall–Kier alpha value is -4.27. The number of hydrogen-bond acceptors (Lipinski definition) is 7. The summed E-state index contributed by atoms with van der Waals surface area (Å²) in [5.41, 5.74) is 4.44. The number of hydrogen-bond donors (Lipinski definition) is 1. The van der Waals surface area contributed by atoms with Gasteiger partial charge in [0.05, 0.1) is 24.9 Å². The maximum Gasteiger partial charge on any atom is 0.185 e. The van der Waals surface area contributed by atoms with Crippen molar-refractivity contribution in [1.29, 1.82) is 0 Å². The number of allylic oxidation sites excluding steroid dienone is 6. The lowest BCUT2D eigenvalue weighted by molar-refractivity contribution is 0.104. The molecule has 0 saturated heterocycles. The van der Waals surface area contributed by atoms with Gasteiger partial charge in [-0.1, -0.05) is 41.1 Å². The Labute approximate surface area is 250 Å². The zero-order valence-electron chi connectivity index (χ0n) is 23.4. The molecule has 0 radical (unpaired) electrons. The van der Waals surface area contributed by atoms with Crippen molar-refractivity contribution in [2.75, 3.05) is 25.1 Å². The SMILES string of the molecule is O=C(/C=C/C1=CCC=C1)c1ccc(OCCCCn2cc(COCCCNc3ccnc4cc(Cl)ccc34)nn2)cc1. The van der Waals surface area contributed by atoms with Crippen molar-refractivity contribution in [1.82, 2.24) is 20.0 Å².